The number of piperidine rings is 1. The maximum atomic E-state index is 6.03. The zero-order valence-corrected chi connectivity index (χ0v) is 15.2. The fourth-order valence-corrected chi connectivity index (χ4v) is 4.30. The molecular weight excluding hydrogens is 326 g/mol. The summed E-state index contributed by atoms with van der Waals surface area (Å²) in [6.07, 6.45) is 10.9. The number of nitrogens with zero attached hydrogens (tertiary/aromatic N) is 3. The Morgan fingerprint density at radius 2 is 1.92 bits per heavy atom. The number of likely N-dealkylation sites (tertiary alicyclic amines) is 1. The first-order valence-corrected chi connectivity index (χ1v) is 9.56. The van der Waals surface area contributed by atoms with Crippen LogP contribution in [0.15, 0.2) is 49.1 Å². The van der Waals surface area contributed by atoms with E-state index in [2.05, 4.69) is 27.0 Å². The summed E-state index contributed by atoms with van der Waals surface area (Å²) in [5.41, 5.74) is 1.70. The summed E-state index contributed by atoms with van der Waals surface area (Å²) < 4.78 is 11.8. The summed E-state index contributed by atoms with van der Waals surface area (Å²) in [4.78, 5) is 10.8. The van der Waals surface area contributed by atoms with Crippen LogP contribution in [-0.2, 0) is 11.3 Å². The molecule has 138 valence electrons. The van der Waals surface area contributed by atoms with E-state index in [9.17, 15) is 0 Å². The van der Waals surface area contributed by atoms with Gasteiger partial charge in [0.1, 0.15) is 5.75 Å². The highest BCUT2D eigenvalue weighted by molar-refractivity contribution is 5.15. The molecule has 0 saturated carbocycles. The van der Waals surface area contributed by atoms with Crippen LogP contribution in [0.4, 0.5) is 0 Å². The van der Waals surface area contributed by atoms with Crippen LogP contribution in [0, 0.1) is 11.3 Å². The zero-order valence-electron chi connectivity index (χ0n) is 15.2. The Labute approximate surface area is 155 Å². The molecule has 2 aliphatic heterocycles. The first-order valence-electron chi connectivity index (χ1n) is 9.56. The zero-order chi connectivity index (χ0) is 17.7. The Kier molecular flexibility index (Phi) is 5.46. The van der Waals surface area contributed by atoms with Gasteiger partial charge in [-0.05, 0) is 67.6 Å². The van der Waals surface area contributed by atoms with E-state index in [0.29, 0.717) is 11.3 Å². The second-order valence-electron chi connectivity index (χ2n) is 7.52. The van der Waals surface area contributed by atoms with Crippen molar-refractivity contribution < 1.29 is 9.47 Å². The number of aromatic nitrogens is 2. The first kappa shape index (κ1) is 17.4. The SMILES string of the molecule is c1cncc(OC[C@@H]2COCCC23CCN(Cc2ccncc2)CC3)c1. The second-order valence-corrected chi connectivity index (χ2v) is 7.52. The van der Waals surface area contributed by atoms with Gasteiger partial charge in [-0.25, -0.2) is 0 Å². The summed E-state index contributed by atoms with van der Waals surface area (Å²) in [5, 5.41) is 0. The molecule has 2 saturated heterocycles. The summed E-state index contributed by atoms with van der Waals surface area (Å²) in [6.45, 7) is 5.72. The van der Waals surface area contributed by atoms with Gasteiger partial charge in [-0.1, -0.05) is 0 Å². The molecule has 1 spiro atoms. The molecule has 2 aromatic rings. The third kappa shape index (κ3) is 4.05. The molecule has 5 nitrogen and oxygen atoms in total. The van der Waals surface area contributed by atoms with Crippen molar-refractivity contribution in [1.82, 2.24) is 14.9 Å². The Morgan fingerprint density at radius 1 is 1.08 bits per heavy atom. The molecule has 0 aromatic carbocycles. The van der Waals surface area contributed by atoms with Crippen LogP contribution in [0.3, 0.4) is 0 Å². The van der Waals surface area contributed by atoms with E-state index < -0.39 is 0 Å². The fraction of sp³-hybridized carbons (Fsp3) is 0.524. The van der Waals surface area contributed by atoms with Gasteiger partial charge >= 0.3 is 0 Å². The molecule has 2 aromatic heterocycles. The van der Waals surface area contributed by atoms with Crippen LogP contribution >= 0.6 is 0 Å². The van der Waals surface area contributed by atoms with Crippen LogP contribution in [0.2, 0.25) is 0 Å². The van der Waals surface area contributed by atoms with Crippen LogP contribution < -0.4 is 4.74 Å². The number of pyridine rings is 2. The molecule has 26 heavy (non-hydrogen) atoms. The second kappa shape index (κ2) is 8.14. The van der Waals surface area contributed by atoms with Gasteiger partial charge in [0.2, 0.25) is 0 Å². The van der Waals surface area contributed by atoms with Crippen molar-refractivity contribution in [3.8, 4) is 5.75 Å². The van der Waals surface area contributed by atoms with Crippen molar-refractivity contribution in [2.24, 2.45) is 11.3 Å². The lowest BCUT2D eigenvalue weighted by atomic mass is 9.66. The van der Waals surface area contributed by atoms with Crippen LogP contribution in [0.5, 0.6) is 5.75 Å². The molecule has 1 atom stereocenters. The highest BCUT2D eigenvalue weighted by Gasteiger charge is 2.43. The van der Waals surface area contributed by atoms with E-state index in [4.69, 9.17) is 9.47 Å². The van der Waals surface area contributed by atoms with Gasteiger partial charge in [0.25, 0.3) is 0 Å². The van der Waals surface area contributed by atoms with Gasteiger partial charge in [-0.2, -0.15) is 0 Å². The van der Waals surface area contributed by atoms with Gasteiger partial charge in [-0.3, -0.25) is 14.9 Å². The van der Waals surface area contributed by atoms with Crippen molar-refractivity contribution in [2.75, 3.05) is 32.9 Å². The standard InChI is InChI=1S/C21H27N3O2/c1-2-20(14-23-8-1)26-17-19-16-25-13-7-21(19)5-11-24(12-6-21)15-18-3-9-22-10-4-18/h1-4,8-10,14,19H,5-7,11-13,15-17H2/t19-/m0/s1. The molecule has 4 rings (SSSR count). The van der Waals surface area contributed by atoms with Crippen molar-refractivity contribution >= 4 is 0 Å². The maximum absolute atomic E-state index is 6.03. The fourth-order valence-electron chi connectivity index (χ4n) is 4.30. The molecule has 0 unspecified atom stereocenters. The number of rotatable bonds is 5. The molecule has 4 heterocycles. The van der Waals surface area contributed by atoms with Crippen LogP contribution in [-0.4, -0.2) is 47.8 Å². The van der Waals surface area contributed by atoms with Gasteiger partial charge < -0.3 is 9.47 Å². The van der Waals surface area contributed by atoms with Crippen molar-refractivity contribution in [3.05, 3.63) is 54.6 Å². The van der Waals surface area contributed by atoms with Gasteiger partial charge in [0.05, 0.1) is 19.4 Å². The lowest BCUT2D eigenvalue weighted by Gasteiger charge is -2.49. The number of hydrogen-bond acceptors (Lipinski definition) is 5. The number of ether oxygens (including phenoxy) is 2. The van der Waals surface area contributed by atoms with E-state index in [1.165, 1.54) is 18.4 Å². The molecule has 0 amide bonds. The minimum atomic E-state index is 0.356. The summed E-state index contributed by atoms with van der Waals surface area (Å²) in [6, 6.07) is 8.12. The predicted octanol–water partition coefficient (Wildman–Crippen LogP) is 3.17. The lowest BCUT2D eigenvalue weighted by molar-refractivity contribution is -0.0863. The van der Waals surface area contributed by atoms with Crippen molar-refractivity contribution in [2.45, 2.75) is 25.8 Å². The summed E-state index contributed by atoms with van der Waals surface area (Å²) in [7, 11) is 0. The topological polar surface area (TPSA) is 47.5 Å². The van der Waals surface area contributed by atoms with E-state index >= 15 is 0 Å². The summed E-state index contributed by atoms with van der Waals surface area (Å²) >= 11 is 0. The molecule has 5 heteroatoms. The monoisotopic (exact) mass is 353 g/mol. The van der Waals surface area contributed by atoms with Crippen LogP contribution in [0.1, 0.15) is 24.8 Å². The van der Waals surface area contributed by atoms with E-state index in [1.54, 1.807) is 12.4 Å². The lowest BCUT2D eigenvalue weighted by Crippen LogP contribution is -2.49. The van der Waals surface area contributed by atoms with E-state index in [-0.39, 0.29) is 0 Å². The predicted molar refractivity (Wildman–Crippen MR) is 99.8 cm³/mol. The quantitative estimate of drug-likeness (QED) is 0.826. The van der Waals surface area contributed by atoms with Gasteiger partial charge in [0.15, 0.2) is 0 Å². The highest BCUT2D eigenvalue weighted by Crippen LogP contribution is 2.45. The van der Waals surface area contributed by atoms with Gasteiger partial charge in [0, 0.05) is 37.7 Å². The normalized spacial score (nSPS) is 23.0. The average Bonchev–Trinajstić information content (AvgIpc) is 2.71. The van der Waals surface area contributed by atoms with Gasteiger partial charge in [-0.15, -0.1) is 0 Å². The average molecular weight is 353 g/mol. The minimum Gasteiger partial charge on any atom is -0.492 e. The Morgan fingerprint density at radius 3 is 2.69 bits per heavy atom. The highest BCUT2D eigenvalue weighted by atomic mass is 16.5. The molecule has 2 aliphatic rings. The Bertz CT molecular complexity index is 672. The first-order chi connectivity index (χ1) is 12.8. The molecule has 0 radical (unpaired) electrons. The largest absolute Gasteiger partial charge is 0.492 e. The van der Waals surface area contributed by atoms with E-state index in [1.807, 2.05) is 24.5 Å². The maximum Gasteiger partial charge on any atom is 0.137 e. The minimum absolute atomic E-state index is 0.356. The Balaban J connectivity index is 1.35. The number of hydrogen-bond donors (Lipinski definition) is 0. The third-order valence-corrected chi connectivity index (χ3v) is 6.02. The molecule has 0 aliphatic carbocycles. The van der Waals surface area contributed by atoms with Crippen LogP contribution in [0.25, 0.3) is 0 Å². The van der Waals surface area contributed by atoms with Crippen molar-refractivity contribution in [1.29, 1.82) is 0 Å². The Hall–Kier alpha value is -1.98. The molecule has 0 bridgehead atoms. The van der Waals surface area contributed by atoms with E-state index in [0.717, 1.165) is 51.6 Å². The summed E-state index contributed by atoms with van der Waals surface area (Å²) in [5.74, 6) is 1.31. The molecule has 0 N–H and O–H groups in total. The molecular formula is C21H27N3O2. The third-order valence-electron chi connectivity index (χ3n) is 6.02. The smallest absolute Gasteiger partial charge is 0.137 e. The molecule has 2 fully saturated rings. The van der Waals surface area contributed by atoms with Crippen molar-refractivity contribution in [3.63, 3.8) is 0 Å².